The first-order valence-corrected chi connectivity index (χ1v) is 12.9. The quantitative estimate of drug-likeness (QED) is 0.544. The molecule has 0 unspecified atom stereocenters. The van der Waals surface area contributed by atoms with Crippen LogP contribution in [-0.4, -0.2) is 68.8 Å². The summed E-state index contributed by atoms with van der Waals surface area (Å²) in [5, 5.41) is 8.42. The van der Waals surface area contributed by atoms with Gasteiger partial charge in [0.15, 0.2) is 0 Å². The SMILES string of the molecule is CCn1cc(-c2cc(C(=O)N3CCC[C@H]4[C@@H]3CCCCCOc3ccccc3C(=O)N4C)on2)cn1. The molecule has 0 saturated carbocycles. The van der Waals surface area contributed by atoms with Gasteiger partial charge in [-0.3, -0.25) is 14.3 Å². The molecular formula is C27H33N5O4. The summed E-state index contributed by atoms with van der Waals surface area (Å²) in [4.78, 5) is 30.9. The molecule has 3 aromatic rings. The van der Waals surface area contributed by atoms with Crippen molar-refractivity contribution < 1.29 is 18.8 Å². The monoisotopic (exact) mass is 491 g/mol. The predicted octanol–water partition coefficient (Wildman–Crippen LogP) is 4.26. The highest BCUT2D eigenvalue weighted by molar-refractivity contribution is 5.97. The molecule has 2 atom stereocenters. The average molecular weight is 492 g/mol. The van der Waals surface area contributed by atoms with Gasteiger partial charge in [0, 0.05) is 38.0 Å². The van der Waals surface area contributed by atoms with Gasteiger partial charge in [-0.15, -0.1) is 0 Å². The number of benzene rings is 1. The Labute approximate surface area is 211 Å². The lowest BCUT2D eigenvalue weighted by Gasteiger charge is -2.45. The highest BCUT2D eigenvalue weighted by atomic mass is 16.5. The van der Waals surface area contributed by atoms with Crippen LogP contribution in [0, 0.1) is 0 Å². The number of carbonyl (C=O) groups is 2. The van der Waals surface area contributed by atoms with Crippen LogP contribution in [0.2, 0.25) is 0 Å². The standard InChI is InChI=1S/C27H33N5O4/c1-3-31-18-19(17-28-31)21-16-25(36-29-21)27(34)32-14-9-12-22-23(32)11-5-4-8-15-35-24-13-7-6-10-20(24)26(33)30(22)2/h6-7,10,13,16-18,22-23H,3-5,8-9,11-12,14-15H2,1-2H3/t22-,23-/m0/s1. The first-order valence-electron chi connectivity index (χ1n) is 12.9. The molecule has 0 radical (unpaired) electrons. The molecule has 2 aromatic heterocycles. The van der Waals surface area contributed by atoms with E-state index in [4.69, 9.17) is 9.26 Å². The van der Waals surface area contributed by atoms with Crippen molar-refractivity contribution in [2.75, 3.05) is 20.2 Å². The van der Waals surface area contributed by atoms with E-state index >= 15 is 0 Å². The van der Waals surface area contributed by atoms with Crippen LogP contribution in [0.1, 0.15) is 66.4 Å². The van der Waals surface area contributed by atoms with Crippen LogP contribution in [0.25, 0.3) is 11.3 Å². The summed E-state index contributed by atoms with van der Waals surface area (Å²) >= 11 is 0. The maximum atomic E-state index is 13.7. The number of aromatic nitrogens is 3. The number of carbonyl (C=O) groups excluding carboxylic acids is 2. The van der Waals surface area contributed by atoms with Gasteiger partial charge in [0.25, 0.3) is 11.8 Å². The molecule has 190 valence electrons. The highest BCUT2D eigenvalue weighted by Crippen LogP contribution is 2.31. The zero-order chi connectivity index (χ0) is 25.1. The molecule has 2 aliphatic rings. The number of para-hydroxylation sites is 1. The fraction of sp³-hybridized carbons (Fsp3) is 0.481. The molecule has 1 aromatic carbocycles. The van der Waals surface area contributed by atoms with Crippen LogP contribution >= 0.6 is 0 Å². The second kappa shape index (κ2) is 10.6. The molecule has 1 fully saturated rings. The molecule has 36 heavy (non-hydrogen) atoms. The van der Waals surface area contributed by atoms with Gasteiger partial charge >= 0.3 is 0 Å². The minimum Gasteiger partial charge on any atom is -0.493 e. The zero-order valence-corrected chi connectivity index (χ0v) is 20.9. The topological polar surface area (TPSA) is 93.7 Å². The van der Waals surface area contributed by atoms with Gasteiger partial charge in [-0.1, -0.05) is 23.7 Å². The first-order chi connectivity index (χ1) is 17.6. The lowest BCUT2D eigenvalue weighted by atomic mass is 9.89. The number of likely N-dealkylation sites (N-methyl/N-ethyl adjacent to an activating group) is 1. The average Bonchev–Trinajstić information content (AvgIpc) is 3.59. The first kappa shape index (κ1) is 24.1. The summed E-state index contributed by atoms with van der Waals surface area (Å²) in [5.74, 6) is 0.581. The number of fused-ring (bicyclic) bond motifs is 2. The van der Waals surface area contributed by atoms with Crippen molar-refractivity contribution in [2.24, 2.45) is 0 Å². The van der Waals surface area contributed by atoms with E-state index in [0.29, 0.717) is 30.2 Å². The molecule has 2 aliphatic heterocycles. The molecular weight excluding hydrogens is 458 g/mol. The van der Waals surface area contributed by atoms with Crippen LogP contribution in [0.4, 0.5) is 0 Å². The van der Waals surface area contributed by atoms with E-state index in [0.717, 1.165) is 50.6 Å². The van der Waals surface area contributed by atoms with Gasteiger partial charge in [-0.25, -0.2) is 0 Å². The molecule has 0 spiro atoms. The molecule has 9 heteroatoms. The van der Waals surface area contributed by atoms with Gasteiger partial charge in [0.1, 0.15) is 11.4 Å². The largest absolute Gasteiger partial charge is 0.493 e. The van der Waals surface area contributed by atoms with Crippen molar-refractivity contribution in [1.82, 2.24) is 24.7 Å². The molecule has 0 N–H and O–H groups in total. The van der Waals surface area contributed by atoms with Gasteiger partial charge in [0.05, 0.1) is 30.5 Å². The molecule has 5 rings (SSSR count). The molecule has 2 amide bonds. The number of hydrogen-bond donors (Lipinski definition) is 0. The number of amides is 2. The Morgan fingerprint density at radius 1 is 1.11 bits per heavy atom. The third-order valence-electron chi connectivity index (χ3n) is 7.32. The van der Waals surface area contributed by atoms with E-state index in [9.17, 15) is 9.59 Å². The summed E-state index contributed by atoms with van der Waals surface area (Å²) in [7, 11) is 1.84. The predicted molar refractivity (Wildman–Crippen MR) is 134 cm³/mol. The Kier molecular flexibility index (Phi) is 7.06. The van der Waals surface area contributed by atoms with Gasteiger partial charge in [-0.2, -0.15) is 5.10 Å². The Morgan fingerprint density at radius 2 is 1.94 bits per heavy atom. The molecule has 9 nitrogen and oxygen atoms in total. The lowest BCUT2D eigenvalue weighted by Crippen LogP contribution is -2.57. The Bertz CT molecular complexity index is 1220. The molecule has 1 saturated heterocycles. The van der Waals surface area contributed by atoms with E-state index in [-0.39, 0.29) is 29.7 Å². The third-order valence-corrected chi connectivity index (χ3v) is 7.32. The van der Waals surface area contributed by atoms with Crippen molar-refractivity contribution in [3.05, 3.63) is 54.0 Å². The van der Waals surface area contributed by atoms with E-state index in [1.54, 1.807) is 17.2 Å². The summed E-state index contributed by atoms with van der Waals surface area (Å²) in [6.07, 6.45) is 8.94. The number of aryl methyl sites for hydroxylation is 1. The maximum Gasteiger partial charge on any atom is 0.292 e. The number of hydrogen-bond acceptors (Lipinski definition) is 6. The summed E-state index contributed by atoms with van der Waals surface area (Å²) in [6.45, 7) is 3.96. The van der Waals surface area contributed by atoms with Crippen LogP contribution in [0.5, 0.6) is 5.75 Å². The fourth-order valence-electron chi connectivity index (χ4n) is 5.34. The summed E-state index contributed by atoms with van der Waals surface area (Å²) < 4.78 is 13.3. The second-order valence-corrected chi connectivity index (χ2v) is 9.55. The third kappa shape index (κ3) is 4.74. The van der Waals surface area contributed by atoms with E-state index in [2.05, 4.69) is 10.3 Å². The number of nitrogens with zero attached hydrogens (tertiary/aromatic N) is 5. The van der Waals surface area contributed by atoms with Crippen LogP contribution < -0.4 is 4.74 Å². The minimum absolute atomic E-state index is 0.0784. The van der Waals surface area contributed by atoms with Crippen LogP contribution in [0.15, 0.2) is 47.2 Å². The van der Waals surface area contributed by atoms with Crippen LogP contribution in [-0.2, 0) is 6.54 Å². The normalized spacial score (nSPS) is 21.1. The minimum atomic E-state index is -0.178. The molecule has 0 aliphatic carbocycles. The molecule has 4 heterocycles. The van der Waals surface area contributed by atoms with Crippen molar-refractivity contribution in [3.8, 4) is 17.0 Å². The van der Waals surface area contributed by atoms with Crippen molar-refractivity contribution >= 4 is 11.8 Å². The Balaban J connectivity index is 1.41. The second-order valence-electron chi connectivity index (χ2n) is 9.55. The Morgan fingerprint density at radius 3 is 2.78 bits per heavy atom. The van der Waals surface area contributed by atoms with Gasteiger partial charge in [-0.05, 0) is 51.2 Å². The van der Waals surface area contributed by atoms with Crippen molar-refractivity contribution in [1.29, 1.82) is 0 Å². The summed E-state index contributed by atoms with van der Waals surface area (Å²) in [6, 6.07) is 8.93. The lowest BCUT2D eigenvalue weighted by molar-refractivity contribution is 0.0264. The van der Waals surface area contributed by atoms with Gasteiger partial charge < -0.3 is 19.1 Å². The maximum absolute atomic E-state index is 13.7. The smallest absolute Gasteiger partial charge is 0.292 e. The fourth-order valence-corrected chi connectivity index (χ4v) is 5.34. The van der Waals surface area contributed by atoms with Crippen molar-refractivity contribution in [2.45, 2.75) is 64.1 Å². The number of piperidine rings is 1. The van der Waals surface area contributed by atoms with E-state index in [1.807, 2.05) is 54.0 Å². The van der Waals surface area contributed by atoms with Crippen LogP contribution in [0.3, 0.4) is 0 Å². The van der Waals surface area contributed by atoms with Gasteiger partial charge in [0.2, 0.25) is 5.76 Å². The Hall–Kier alpha value is -3.62. The molecule has 0 bridgehead atoms. The highest BCUT2D eigenvalue weighted by Gasteiger charge is 2.39. The van der Waals surface area contributed by atoms with E-state index < -0.39 is 0 Å². The number of ether oxygens (including phenoxy) is 1. The number of likely N-dealkylation sites (tertiary alicyclic amines) is 1. The van der Waals surface area contributed by atoms with E-state index in [1.165, 1.54) is 0 Å². The van der Waals surface area contributed by atoms with Crippen molar-refractivity contribution in [3.63, 3.8) is 0 Å². The summed E-state index contributed by atoms with van der Waals surface area (Å²) in [5.41, 5.74) is 1.97. The zero-order valence-electron chi connectivity index (χ0n) is 20.9. The number of rotatable bonds is 3.